The molecule has 0 aliphatic heterocycles. The Balaban J connectivity index is 2.18. The molecule has 0 spiro atoms. The molecule has 0 bridgehead atoms. The molecule has 2 rings (SSSR count). The Hall–Kier alpha value is -2.30. The van der Waals surface area contributed by atoms with Crippen molar-refractivity contribution in [2.45, 2.75) is 33.7 Å². The summed E-state index contributed by atoms with van der Waals surface area (Å²) in [5.74, 6) is 1.06. The molecule has 1 heterocycles. The number of methoxy groups -OCH3 is 1. The minimum Gasteiger partial charge on any atom is -0.496 e. The predicted molar refractivity (Wildman–Crippen MR) is 84.1 cm³/mol. The number of hydrogen-bond donors (Lipinski definition) is 0. The third kappa shape index (κ3) is 3.13. The fourth-order valence-electron chi connectivity index (χ4n) is 2.67. The fraction of sp³-hybridized carbons (Fsp3) is 0.412. The number of rotatable bonds is 5. The Morgan fingerprint density at radius 3 is 2.50 bits per heavy atom. The molecular formula is C17H22N2O3. The maximum absolute atomic E-state index is 12.5. The van der Waals surface area contributed by atoms with Gasteiger partial charge in [0.1, 0.15) is 5.75 Å². The van der Waals surface area contributed by atoms with Gasteiger partial charge >= 0.3 is 0 Å². The fourth-order valence-corrected chi connectivity index (χ4v) is 2.67. The number of amides is 1. The second kappa shape index (κ2) is 6.64. The van der Waals surface area contributed by atoms with Crippen molar-refractivity contribution in [1.29, 1.82) is 0 Å². The van der Waals surface area contributed by atoms with E-state index >= 15 is 0 Å². The molecule has 0 unspecified atom stereocenters. The molecule has 0 aliphatic carbocycles. The van der Waals surface area contributed by atoms with Gasteiger partial charge in [-0.2, -0.15) is 0 Å². The highest BCUT2D eigenvalue weighted by molar-refractivity contribution is 5.92. The molecule has 0 radical (unpaired) electrons. The molecule has 0 saturated carbocycles. The van der Waals surface area contributed by atoms with Crippen LogP contribution in [0.3, 0.4) is 0 Å². The van der Waals surface area contributed by atoms with Gasteiger partial charge < -0.3 is 14.1 Å². The Labute approximate surface area is 130 Å². The van der Waals surface area contributed by atoms with Crippen LogP contribution in [0.4, 0.5) is 0 Å². The third-order valence-electron chi connectivity index (χ3n) is 3.66. The Kier molecular flexibility index (Phi) is 4.85. The summed E-state index contributed by atoms with van der Waals surface area (Å²) < 4.78 is 10.6. The lowest BCUT2D eigenvalue weighted by atomic mass is 10.1. The van der Waals surface area contributed by atoms with Gasteiger partial charge in [0.2, 0.25) is 5.76 Å². The van der Waals surface area contributed by atoms with Crippen molar-refractivity contribution in [1.82, 2.24) is 9.88 Å². The van der Waals surface area contributed by atoms with E-state index in [0.29, 0.717) is 24.4 Å². The first-order valence-corrected chi connectivity index (χ1v) is 7.29. The van der Waals surface area contributed by atoms with Gasteiger partial charge in [-0.05, 0) is 37.0 Å². The van der Waals surface area contributed by atoms with E-state index in [4.69, 9.17) is 9.15 Å². The molecule has 0 saturated heterocycles. The molecule has 1 aromatic heterocycles. The van der Waals surface area contributed by atoms with Crippen molar-refractivity contribution in [2.75, 3.05) is 14.2 Å². The Bertz CT molecular complexity index is 653. The van der Waals surface area contributed by atoms with Crippen molar-refractivity contribution < 1.29 is 13.9 Å². The number of carbonyl (C=O) groups is 1. The lowest BCUT2D eigenvalue weighted by Gasteiger charge is -2.18. The van der Waals surface area contributed by atoms with Crippen molar-refractivity contribution in [3.63, 3.8) is 0 Å². The Morgan fingerprint density at radius 1 is 1.32 bits per heavy atom. The number of ether oxygens (including phenoxy) is 1. The van der Waals surface area contributed by atoms with Crippen LogP contribution in [0.5, 0.6) is 5.75 Å². The van der Waals surface area contributed by atoms with Crippen molar-refractivity contribution in [3.05, 3.63) is 46.7 Å². The number of carbonyl (C=O) groups excluding carboxylic acids is 1. The molecule has 22 heavy (non-hydrogen) atoms. The van der Waals surface area contributed by atoms with Crippen LogP contribution >= 0.6 is 0 Å². The molecule has 2 aromatic rings. The van der Waals surface area contributed by atoms with E-state index < -0.39 is 0 Å². The normalized spacial score (nSPS) is 10.6. The zero-order chi connectivity index (χ0) is 16.3. The van der Waals surface area contributed by atoms with Crippen LogP contribution in [0.2, 0.25) is 0 Å². The first-order valence-electron chi connectivity index (χ1n) is 7.29. The highest BCUT2D eigenvalue weighted by Crippen LogP contribution is 2.25. The van der Waals surface area contributed by atoms with Gasteiger partial charge in [0, 0.05) is 13.6 Å². The van der Waals surface area contributed by atoms with Gasteiger partial charge in [0.25, 0.3) is 5.91 Å². The van der Waals surface area contributed by atoms with Crippen LogP contribution in [0.25, 0.3) is 0 Å². The topological polar surface area (TPSA) is 55.6 Å². The van der Waals surface area contributed by atoms with Gasteiger partial charge in [-0.15, -0.1) is 0 Å². The van der Waals surface area contributed by atoms with E-state index in [1.807, 2.05) is 32.9 Å². The summed E-state index contributed by atoms with van der Waals surface area (Å²) in [6, 6.07) is 4.08. The number of nitrogens with zero attached hydrogens (tertiary/aromatic N) is 2. The quantitative estimate of drug-likeness (QED) is 0.851. The second-order valence-electron chi connectivity index (χ2n) is 5.41. The van der Waals surface area contributed by atoms with Gasteiger partial charge in [0.15, 0.2) is 6.39 Å². The molecule has 0 aliphatic rings. The maximum Gasteiger partial charge on any atom is 0.291 e. The number of aryl methyl sites for hydroxylation is 3. The molecule has 0 N–H and O–H groups in total. The number of oxazole rings is 1. The summed E-state index contributed by atoms with van der Waals surface area (Å²) in [6.45, 7) is 6.46. The summed E-state index contributed by atoms with van der Waals surface area (Å²) in [4.78, 5) is 18.2. The SMILES string of the molecule is CCc1ncoc1C(=O)N(C)Cc1cc(C)c(OC)c(C)c1. The summed E-state index contributed by atoms with van der Waals surface area (Å²) in [5.41, 5.74) is 3.88. The van der Waals surface area contributed by atoms with Gasteiger partial charge in [-0.1, -0.05) is 19.1 Å². The average Bonchev–Trinajstić information content (AvgIpc) is 2.94. The van der Waals surface area contributed by atoms with Crippen LogP contribution < -0.4 is 4.74 Å². The van der Waals surface area contributed by atoms with Crippen LogP contribution in [0.1, 0.15) is 39.9 Å². The van der Waals surface area contributed by atoms with Crippen molar-refractivity contribution >= 4 is 5.91 Å². The summed E-state index contributed by atoms with van der Waals surface area (Å²) in [6.07, 6.45) is 1.99. The smallest absolute Gasteiger partial charge is 0.291 e. The van der Waals surface area contributed by atoms with Gasteiger partial charge in [0.05, 0.1) is 12.8 Å². The van der Waals surface area contributed by atoms with Crippen LogP contribution in [0.15, 0.2) is 22.9 Å². The Morgan fingerprint density at radius 2 is 1.95 bits per heavy atom. The van der Waals surface area contributed by atoms with E-state index in [1.54, 1.807) is 19.1 Å². The highest BCUT2D eigenvalue weighted by Gasteiger charge is 2.20. The molecule has 5 nitrogen and oxygen atoms in total. The molecule has 5 heteroatoms. The van der Waals surface area contributed by atoms with Gasteiger partial charge in [-0.25, -0.2) is 4.98 Å². The minimum atomic E-state index is -0.152. The second-order valence-corrected chi connectivity index (χ2v) is 5.41. The lowest BCUT2D eigenvalue weighted by molar-refractivity contribution is 0.0752. The first kappa shape index (κ1) is 16.1. The lowest BCUT2D eigenvalue weighted by Crippen LogP contribution is -2.26. The first-order chi connectivity index (χ1) is 10.5. The van der Waals surface area contributed by atoms with Crippen molar-refractivity contribution in [3.8, 4) is 5.75 Å². The molecular weight excluding hydrogens is 280 g/mol. The predicted octanol–water partition coefficient (Wildman–Crippen LogP) is 3.13. The minimum absolute atomic E-state index is 0.152. The van der Waals surface area contributed by atoms with Crippen LogP contribution in [-0.4, -0.2) is 29.9 Å². The van der Waals surface area contributed by atoms with Crippen LogP contribution in [-0.2, 0) is 13.0 Å². The highest BCUT2D eigenvalue weighted by atomic mass is 16.5. The largest absolute Gasteiger partial charge is 0.496 e. The maximum atomic E-state index is 12.5. The monoisotopic (exact) mass is 302 g/mol. The number of hydrogen-bond acceptors (Lipinski definition) is 4. The average molecular weight is 302 g/mol. The molecule has 0 atom stereocenters. The molecule has 1 aromatic carbocycles. The van der Waals surface area contributed by atoms with Crippen molar-refractivity contribution in [2.24, 2.45) is 0 Å². The molecule has 118 valence electrons. The number of aromatic nitrogens is 1. The van der Waals surface area contributed by atoms with E-state index in [1.165, 1.54) is 6.39 Å². The zero-order valence-electron chi connectivity index (χ0n) is 13.8. The standard InChI is InChI=1S/C17H22N2O3/c1-6-14-16(22-10-18-14)17(20)19(4)9-13-7-11(2)15(21-5)12(3)8-13/h7-8,10H,6,9H2,1-5H3. The summed E-state index contributed by atoms with van der Waals surface area (Å²) >= 11 is 0. The summed E-state index contributed by atoms with van der Waals surface area (Å²) in [7, 11) is 3.43. The van der Waals surface area contributed by atoms with E-state index in [9.17, 15) is 4.79 Å². The third-order valence-corrected chi connectivity index (χ3v) is 3.66. The number of benzene rings is 1. The van der Waals surface area contributed by atoms with E-state index in [-0.39, 0.29) is 5.91 Å². The van der Waals surface area contributed by atoms with Gasteiger partial charge in [-0.3, -0.25) is 4.79 Å². The molecule has 1 amide bonds. The van der Waals surface area contributed by atoms with E-state index in [0.717, 1.165) is 22.4 Å². The van der Waals surface area contributed by atoms with E-state index in [2.05, 4.69) is 4.98 Å². The molecule has 0 fully saturated rings. The zero-order valence-corrected chi connectivity index (χ0v) is 13.8. The summed E-state index contributed by atoms with van der Waals surface area (Å²) in [5, 5.41) is 0. The van der Waals surface area contributed by atoms with Crippen LogP contribution in [0, 0.1) is 13.8 Å².